The van der Waals surface area contributed by atoms with Gasteiger partial charge >= 0.3 is 0 Å². The Bertz CT molecular complexity index is 785. The van der Waals surface area contributed by atoms with Crippen molar-refractivity contribution in [3.8, 4) is 11.6 Å². The minimum atomic E-state index is -0.640. The van der Waals surface area contributed by atoms with Crippen molar-refractivity contribution in [2.24, 2.45) is 0 Å². The SMILES string of the molecule is Cc1ccc2cccc(Oc3ncccc3C(C)O)c2n1. The van der Waals surface area contributed by atoms with E-state index in [1.54, 1.807) is 25.3 Å². The summed E-state index contributed by atoms with van der Waals surface area (Å²) in [5.74, 6) is 1.04. The van der Waals surface area contributed by atoms with Crippen LogP contribution < -0.4 is 4.74 Å². The summed E-state index contributed by atoms with van der Waals surface area (Å²) in [6, 6.07) is 13.3. The molecule has 2 heterocycles. The zero-order valence-corrected chi connectivity index (χ0v) is 11.9. The summed E-state index contributed by atoms with van der Waals surface area (Å²) in [6.07, 6.45) is 1.00. The first-order valence-electron chi connectivity index (χ1n) is 6.82. The quantitative estimate of drug-likeness (QED) is 0.793. The Labute approximate surface area is 123 Å². The van der Waals surface area contributed by atoms with E-state index in [9.17, 15) is 5.11 Å². The lowest BCUT2D eigenvalue weighted by Crippen LogP contribution is -1.99. The van der Waals surface area contributed by atoms with Gasteiger partial charge in [0.05, 0.1) is 6.10 Å². The predicted molar refractivity (Wildman–Crippen MR) is 81.4 cm³/mol. The van der Waals surface area contributed by atoms with Crippen LogP contribution in [0, 0.1) is 6.92 Å². The Morgan fingerprint density at radius 1 is 1.10 bits per heavy atom. The van der Waals surface area contributed by atoms with Crippen LogP contribution in [0.5, 0.6) is 11.6 Å². The molecule has 1 atom stereocenters. The van der Waals surface area contributed by atoms with Crippen molar-refractivity contribution in [3.05, 3.63) is 59.9 Å². The lowest BCUT2D eigenvalue weighted by atomic mass is 10.1. The molecular formula is C17H16N2O2. The zero-order valence-electron chi connectivity index (χ0n) is 11.9. The van der Waals surface area contributed by atoms with Crippen molar-refractivity contribution in [1.29, 1.82) is 0 Å². The summed E-state index contributed by atoms with van der Waals surface area (Å²) in [7, 11) is 0. The van der Waals surface area contributed by atoms with E-state index in [2.05, 4.69) is 9.97 Å². The molecular weight excluding hydrogens is 264 g/mol. The normalized spacial score (nSPS) is 12.3. The van der Waals surface area contributed by atoms with E-state index in [0.717, 1.165) is 16.6 Å². The van der Waals surface area contributed by atoms with Crippen LogP contribution in [-0.2, 0) is 0 Å². The second-order valence-corrected chi connectivity index (χ2v) is 4.96. The summed E-state index contributed by atoms with van der Waals surface area (Å²) in [5, 5.41) is 10.8. The minimum absolute atomic E-state index is 0.406. The van der Waals surface area contributed by atoms with Gasteiger partial charge in [0, 0.05) is 22.8 Å². The number of nitrogens with zero attached hydrogens (tertiary/aromatic N) is 2. The molecule has 0 amide bonds. The molecule has 0 saturated heterocycles. The van der Waals surface area contributed by atoms with Gasteiger partial charge < -0.3 is 9.84 Å². The molecule has 0 bridgehead atoms. The van der Waals surface area contributed by atoms with E-state index in [4.69, 9.17) is 4.74 Å². The van der Waals surface area contributed by atoms with Crippen LogP contribution in [0.3, 0.4) is 0 Å². The lowest BCUT2D eigenvalue weighted by Gasteiger charge is -2.12. The van der Waals surface area contributed by atoms with Gasteiger partial charge in [0.2, 0.25) is 5.88 Å². The van der Waals surface area contributed by atoms with E-state index >= 15 is 0 Å². The van der Waals surface area contributed by atoms with Crippen molar-refractivity contribution in [1.82, 2.24) is 9.97 Å². The van der Waals surface area contributed by atoms with Gasteiger partial charge in [-0.3, -0.25) is 0 Å². The van der Waals surface area contributed by atoms with Crippen LogP contribution in [-0.4, -0.2) is 15.1 Å². The summed E-state index contributed by atoms with van der Waals surface area (Å²) in [6.45, 7) is 3.63. The van der Waals surface area contributed by atoms with Crippen LogP contribution in [0.2, 0.25) is 0 Å². The molecule has 1 aromatic carbocycles. The van der Waals surface area contributed by atoms with Crippen molar-refractivity contribution in [2.45, 2.75) is 20.0 Å². The van der Waals surface area contributed by atoms with E-state index in [1.165, 1.54) is 0 Å². The topological polar surface area (TPSA) is 55.2 Å². The molecule has 0 aliphatic heterocycles. The fraction of sp³-hybridized carbons (Fsp3) is 0.176. The zero-order chi connectivity index (χ0) is 14.8. The largest absolute Gasteiger partial charge is 0.436 e. The van der Waals surface area contributed by atoms with Crippen molar-refractivity contribution in [2.75, 3.05) is 0 Å². The number of hydrogen-bond acceptors (Lipinski definition) is 4. The molecule has 1 N–H and O–H groups in total. The average molecular weight is 280 g/mol. The highest BCUT2D eigenvalue weighted by Gasteiger charge is 2.12. The standard InChI is InChI=1S/C17H16N2O2/c1-11-8-9-13-5-3-7-15(16(13)19-11)21-17-14(12(2)20)6-4-10-18-17/h3-10,12,20H,1-2H3. The highest BCUT2D eigenvalue weighted by atomic mass is 16.5. The maximum atomic E-state index is 9.80. The highest BCUT2D eigenvalue weighted by molar-refractivity contribution is 5.84. The van der Waals surface area contributed by atoms with Crippen molar-refractivity contribution in [3.63, 3.8) is 0 Å². The maximum Gasteiger partial charge on any atom is 0.225 e. The first-order valence-corrected chi connectivity index (χ1v) is 6.82. The van der Waals surface area contributed by atoms with E-state index in [1.807, 2.05) is 37.3 Å². The van der Waals surface area contributed by atoms with Gasteiger partial charge in [-0.15, -0.1) is 0 Å². The van der Waals surface area contributed by atoms with Gasteiger partial charge in [-0.2, -0.15) is 0 Å². The molecule has 4 nitrogen and oxygen atoms in total. The van der Waals surface area contributed by atoms with Gasteiger partial charge in [0.1, 0.15) is 5.52 Å². The van der Waals surface area contributed by atoms with E-state index < -0.39 is 6.10 Å². The van der Waals surface area contributed by atoms with Crippen LogP contribution in [0.15, 0.2) is 48.7 Å². The second kappa shape index (κ2) is 5.50. The molecule has 0 spiro atoms. The summed E-state index contributed by atoms with van der Waals surface area (Å²) < 4.78 is 5.91. The maximum absolute atomic E-state index is 9.80. The van der Waals surface area contributed by atoms with Crippen LogP contribution in [0.4, 0.5) is 0 Å². The Morgan fingerprint density at radius 3 is 2.76 bits per heavy atom. The number of aryl methyl sites for hydroxylation is 1. The number of para-hydroxylation sites is 1. The van der Waals surface area contributed by atoms with Gasteiger partial charge in [-0.1, -0.05) is 18.2 Å². The lowest BCUT2D eigenvalue weighted by molar-refractivity contribution is 0.194. The number of aromatic nitrogens is 2. The molecule has 3 rings (SSSR count). The van der Waals surface area contributed by atoms with E-state index in [-0.39, 0.29) is 0 Å². The molecule has 1 unspecified atom stereocenters. The number of benzene rings is 1. The average Bonchev–Trinajstić information content (AvgIpc) is 2.48. The summed E-state index contributed by atoms with van der Waals surface area (Å²) >= 11 is 0. The molecule has 21 heavy (non-hydrogen) atoms. The molecule has 4 heteroatoms. The fourth-order valence-corrected chi connectivity index (χ4v) is 2.21. The number of pyridine rings is 2. The fourth-order valence-electron chi connectivity index (χ4n) is 2.21. The number of fused-ring (bicyclic) bond motifs is 1. The first kappa shape index (κ1) is 13.5. The molecule has 106 valence electrons. The third-order valence-corrected chi connectivity index (χ3v) is 3.28. The number of rotatable bonds is 3. The summed E-state index contributed by atoms with van der Waals surface area (Å²) in [5.41, 5.74) is 2.37. The highest BCUT2D eigenvalue weighted by Crippen LogP contribution is 2.31. The predicted octanol–water partition coefficient (Wildman–Crippen LogP) is 3.78. The molecule has 0 fully saturated rings. The number of aliphatic hydroxyl groups excluding tert-OH is 1. The third-order valence-electron chi connectivity index (χ3n) is 3.28. The van der Waals surface area contributed by atoms with Crippen LogP contribution in [0.1, 0.15) is 24.3 Å². The Balaban J connectivity index is 2.08. The molecule has 2 aromatic heterocycles. The Hall–Kier alpha value is -2.46. The number of ether oxygens (including phenoxy) is 1. The van der Waals surface area contributed by atoms with E-state index in [0.29, 0.717) is 17.2 Å². The Morgan fingerprint density at radius 2 is 1.95 bits per heavy atom. The smallest absolute Gasteiger partial charge is 0.225 e. The molecule has 0 saturated carbocycles. The number of aliphatic hydroxyl groups is 1. The third kappa shape index (κ3) is 2.71. The minimum Gasteiger partial charge on any atom is -0.436 e. The van der Waals surface area contributed by atoms with Gasteiger partial charge in [-0.25, -0.2) is 9.97 Å². The molecule has 0 radical (unpaired) electrons. The first-order chi connectivity index (χ1) is 10.1. The van der Waals surface area contributed by atoms with Crippen LogP contribution >= 0.6 is 0 Å². The summed E-state index contributed by atoms with van der Waals surface area (Å²) in [4.78, 5) is 8.75. The number of hydrogen-bond donors (Lipinski definition) is 1. The van der Waals surface area contributed by atoms with Crippen molar-refractivity contribution >= 4 is 10.9 Å². The van der Waals surface area contributed by atoms with Crippen molar-refractivity contribution < 1.29 is 9.84 Å². The van der Waals surface area contributed by atoms with Crippen LogP contribution in [0.25, 0.3) is 10.9 Å². The molecule has 0 aliphatic rings. The van der Waals surface area contributed by atoms with Gasteiger partial charge in [0.15, 0.2) is 5.75 Å². The van der Waals surface area contributed by atoms with Gasteiger partial charge in [-0.05, 0) is 38.1 Å². The Kier molecular flexibility index (Phi) is 3.54. The van der Waals surface area contributed by atoms with Gasteiger partial charge in [0.25, 0.3) is 0 Å². The molecule has 0 aliphatic carbocycles. The molecule has 3 aromatic rings. The second-order valence-electron chi connectivity index (χ2n) is 4.96. The monoisotopic (exact) mass is 280 g/mol.